The van der Waals surface area contributed by atoms with Crippen LogP contribution in [0, 0.1) is 0 Å². The van der Waals surface area contributed by atoms with Gasteiger partial charge in [-0.15, -0.1) is 0 Å². The van der Waals surface area contributed by atoms with Crippen LogP contribution >= 0.6 is 8.58 Å². The Labute approximate surface area is 237 Å². The highest BCUT2D eigenvalue weighted by atomic mass is 31.1. The highest BCUT2D eigenvalue weighted by molar-refractivity contribution is 7.49. The van der Waals surface area contributed by atoms with Gasteiger partial charge in [-0.1, -0.05) is 120 Å². The van der Waals surface area contributed by atoms with Gasteiger partial charge in [0.25, 0.3) is 0 Å². The maximum absolute atomic E-state index is 6.47. The van der Waals surface area contributed by atoms with Gasteiger partial charge in [0.15, 0.2) is 6.79 Å². The second kappa shape index (κ2) is 13.8. The Morgan fingerprint density at radius 2 is 1.38 bits per heavy atom. The van der Waals surface area contributed by atoms with Gasteiger partial charge in [-0.2, -0.15) is 0 Å². The quantitative estimate of drug-likeness (QED) is 0.127. The van der Waals surface area contributed by atoms with Crippen LogP contribution in [0.15, 0.2) is 97.1 Å². The monoisotopic (exact) mass is 539 g/mol. The molecule has 0 saturated heterocycles. The number of anilines is 1. The average Bonchev–Trinajstić information content (AvgIpc) is 2.94. The highest BCUT2D eigenvalue weighted by Crippen LogP contribution is 2.50. The normalized spacial score (nSPS) is 12.9. The van der Waals surface area contributed by atoms with Crippen LogP contribution in [0.4, 0.5) is 5.69 Å². The van der Waals surface area contributed by atoms with Crippen molar-refractivity contribution in [3.63, 3.8) is 0 Å². The molecule has 0 aliphatic carbocycles. The Morgan fingerprint density at radius 1 is 0.769 bits per heavy atom. The molecular weight excluding hydrogens is 497 g/mol. The van der Waals surface area contributed by atoms with Crippen molar-refractivity contribution >= 4 is 19.6 Å². The van der Waals surface area contributed by atoms with Crippen molar-refractivity contribution in [3.8, 4) is 5.75 Å². The molecule has 4 aromatic rings. The summed E-state index contributed by atoms with van der Waals surface area (Å²) in [7, 11) is 6.55. The maximum atomic E-state index is 6.47. The molecule has 0 N–H and O–H groups in total. The van der Waals surface area contributed by atoms with Crippen molar-refractivity contribution in [1.29, 1.82) is 0 Å². The first kappa shape index (κ1) is 28.9. The van der Waals surface area contributed by atoms with Crippen molar-refractivity contribution in [2.24, 2.45) is 0 Å². The predicted molar refractivity (Wildman–Crippen MR) is 168 cm³/mol. The van der Waals surface area contributed by atoms with Gasteiger partial charge in [0.05, 0.1) is 0 Å². The number of methoxy groups -OCH3 is 1. The molecule has 39 heavy (non-hydrogen) atoms. The van der Waals surface area contributed by atoms with Gasteiger partial charge in [-0.3, -0.25) is 0 Å². The van der Waals surface area contributed by atoms with Gasteiger partial charge in [-0.25, -0.2) is 0 Å². The lowest BCUT2D eigenvalue weighted by atomic mass is 9.88. The van der Waals surface area contributed by atoms with E-state index in [9.17, 15) is 0 Å². The molecule has 204 valence electrons. The zero-order valence-corrected chi connectivity index (χ0v) is 25.0. The summed E-state index contributed by atoms with van der Waals surface area (Å²) in [5, 5.41) is 1.29. The average molecular weight is 540 g/mol. The summed E-state index contributed by atoms with van der Waals surface area (Å²) < 4.78 is 11.9. The fourth-order valence-electron chi connectivity index (χ4n) is 5.36. The van der Waals surface area contributed by atoms with E-state index in [1.54, 1.807) is 7.11 Å². The number of hydrogen-bond acceptors (Lipinski definition) is 3. The van der Waals surface area contributed by atoms with Crippen LogP contribution in [0.3, 0.4) is 0 Å². The number of benzene rings is 4. The lowest BCUT2D eigenvalue weighted by molar-refractivity contribution is 0.0493. The van der Waals surface area contributed by atoms with Crippen LogP contribution in [0.1, 0.15) is 54.5 Å². The third-order valence-corrected chi connectivity index (χ3v) is 8.94. The minimum Gasteiger partial charge on any atom is -0.467 e. The first-order valence-corrected chi connectivity index (χ1v) is 14.8. The Kier molecular flexibility index (Phi) is 10.2. The first-order valence-electron chi connectivity index (χ1n) is 13.8. The van der Waals surface area contributed by atoms with E-state index in [-0.39, 0.29) is 11.9 Å². The van der Waals surface area contributed by atoms with Gasteiger partial charge in [0.1, 0.15) is 5.75 Å². The Balaban J connectivity index is 1.89. The van der Waals surface area contributed by atoms with Crippen LogP contribution in [0.2, 0.25) is 0 Å². The zero-order valence-electron chi connectivity index (χ0n) is 24.0. The summed E-state index contributed by atoms with van der Waals surface area (Å²) in [4.78, 5) is 2.23. The summed E-state index contributed by atoms with van der Waals surface area (Å²) in [5.74, 6) is 0.975. The number of ether oxygens (including phenoxy) is 2. The molecule has 0 heterocycles. The molecule has 0 bridgehead atoms. The summed E-state index contributed by atoms with van der Waals surface area (Å²) in [6.07, 6.45) is 3.86. The topological polar surface area (TPSA) is 21.7 Å². The molecule has 0 aliphatic rings. The largest absolute Gasteiger partial charge is 0.467 e. The molecule has 4 heteroatoms. The zero-order chi connectivity index (χ0) is 27.7. The van der Waals surface area contributed by atoms with E-state index in [0.717, 1.165) is 31.4 Å². The number of rotatable bonds is 13. The first-order chi connectivity index (χ1) is 18.9. The Hall–Kier alpha value is -3.13. The molecule has 0 fully saturated rings. The van der Waals surface area contributed by atoms with Crippen LogP contribution in [0.5, 0.6) is 5.75 Å². The van der Waals surface area contributed by atoms with E-state index in [2.05, 4.69) is 130 Å². The summed E-state index contributed by atoms with van der Waals surface area (Å²) in [5.41, 5.74) is 7.70. The van der Waals surface area contributed by atoms with E-state index in [1.165, 1.54) is 38.8 Å². The second-order valence-electron chi connectivity index (χ2n) is 10.6. The van der Waals surface area contributed by atoms with E-state index in [0.29, 0.717) is 8.58 Å². The molecule has 2 unspecified atom stereocenters. The van der Waals surface area contributed by atoms with Gasteiger partial charge in [0, 0.05) is 44.0 Å². The van der Waals surface area contributed by atoms with Crippen LogP contribution < -0.4 is 14.9 Å². The Morgan fingerprint density at radius 3 is 2.00 bits per heavy atom. The summed E-state index contributed by atoms with van der Waals surface area (Å²) >= 11 is 0. The van der Waals surface area contributed by atoms with E-state index in [4.69, 9.17) is 9.47 Å². The predicted octanol–water partition coefficient (Wildman–Crippen LogP) is 7.94. The third-order valence-electron chi connectivity index (χ3n) is 7.18. The lowest BCUT2D eigenvalue weighted by Gasteiger charge is -2.34. The van der Waals surface area contributed by atoms with E-state index < -0.39 is 0 Å². The molecule has 0 aromatic heterocycles. The van der Waals surface area contributed by atoms with Crippen LogP contribution in [0.25, 0.3) is 0 Å². The molecule has 0 radical (unpaired) electrons. The summed E-state index contributed by atoms with van der Waals surface area (Å²) in [6, 6.07) is 35.0. The van der Waals surface area contributed by atoms with Crippen molar-refractivity contribution in [3.05, 3.63) is 125 Å². The second-order valence-corrected chi connectivity index (χ2v) is 12.5. The maximum Gasteiger partial charge on any atom is 0.188 e. The minimum absolute atomic E-state index is 0.0952. The van der Waals surface area contributed by atoms with Gasteiger partial charge >= 0.3 is 0 Å². The molecule has 0 amide bonds. The number of nitrogens with zero attached hydrogens (tertiary/aromatic N) is 1. The fraction of sp³-hybridized carbons (Fsp3) is 0.314. The molecule has 3 nitrogen and oxygen atoms in total. The molecule has 2 atom stereocenters. The van der Waals surface area contributed by atoms with E-state index in [1.807, 2.05) is 0 Å². The van der Waals surface area contributed by atoms with Crippen molar-refractivity contribution in [2.75, 3.05) is 32.9 Å². The smallest absolute Gasteiger partial charge is 0.188 e. The summed E-state index contributed by atoms with van der Waals surface area (Å²) in [6.45, 7) is 4.94. The van der Waals surface area contributed by atoms with Crippen molar-refractivity contribution < 1.29 is 9.47 Å². The SMILES string of the molecule is CCCC(C)(Pc1ccccc1N(C)C)c1cc(Cc2ccccc2)cc(Cc2ccccc2)c1OCOC. The molecule has 4 aromatic carbocycles. The number of hydrogen-bond donors (Lipinski definition) is 0. The molecule has 0 spiro atoms. The minimum atomic E-state index is -0.0952. The number of para-hydroxylation sites is 1. The lowest BCUT2D eigenvalue weighted by Crippen LogP contribution is -2.24. The van der Waals surface area contributed by atoms with Crippen molar-refractivity contribution in [1.82, 2.24) is 0 Å². The van der Waals surface area contributed by atoms with Gasteiger partial charge in [0.2, 0.25) is 0 Å². The van der Waals surface area contributed by atoms with Gasteiger partial charge in [-0.05, 0) is 46.5 Å². The molecule has 0 saturated carbocycles. The highest BCUT2D eigenvalue weighted by Gasteiger charge is 2.32. The van der Waals surface area contributed by atoms with Gasteiger partial charge < -0.3 is 14.4 Å². The van der Waals surface area contributed by atoms with E-state index >= 15 is 0 Å². The fourth-order valence-corrected chi connectivity index (χ4v) is 7.27. The molecule has 0 aliphatic heterocycles. The standard InChI is InChI=1S/C35H42NO2P/c1-6-21-35(2,39-33-20-14-13-19-32(33)36(3)4)31-25-29(22-27-15-9-7-10-16-27)24-30(34(31)38-26-37-5)23-28-17-11-8-12-18-28/h7-20,24-25,39H,6,21-23,26H2,1-5H3. The van der Waals surface area contributed by atoms with Crippen molar-refractivity contribution in [2.45, 2.75) is 44.7 Å². The van der Waals surface area contributed by atoms with Crippen LogP contribution in [-0.4, -0.2) is 28.0 Å². The molecular formula is C35H42NO2P. The molecule has 4 rings (SSSR count). The van der Waals surface area contributed by atoms with Crippen LogP contribution in [-0.2, 0) is 22.7 Å². The Bertz CT molecular complexity index is 1320. The third kappa shape index (κ3) is 7.50.